The SMILES string of the molecule is CCCOc1ccccc1C=CC(=O)Nc1nc(-c2ccc(OCC)cc2)cs1. The third kappa shape index (κ3) is 5.93. The van der Waals surface area contributed by atoms with E-state index in [0.29, 0.717) is 18.3 Å². The Labute approximate surface area is 175 Å². The van der Waals surface area contributed by atoms with E-state index in [1.54, 1.807) is 6.08 Å². The number of benzene rings is 2. The van der Waals surface area contributed by atoms with Gasteiger partial charge in [0.05, 0.1) is 18.9 Å². The lowest BCUT2D eigenvalue weighted by Gasteiger charge is -2.07. The van der Waals surface area contributed by atoms with E-state index in [4.69, 9.17) is 9.47 Å². The van der Waals surface area contributed by atoms with Gasteiger partial charge in [0.25, 0.3) is 0 Å². The number of carbonyl (C=O) groups is 1. The van der Waals surface area contributed by atoms with Crippen LogP contribution in [0.4, 0.5) is 5.13 Å². The van der Waals surface area contributed by atoms with E-state index < -0.39 is 0 Å². The van der Waals surface area contributed by atoms with Crippen molar-refractivity contribution in [1.29, 1.82) is 0 Å². The summed E-state index contributed by atoms with van der Waals surface area (Å²) < 4.78 is 11.2. The molecule has 0 radical (unpaired) electrons. The van der Waals surface area contributed by atoms with Gasteiger partial charge in [0, 0.05) is 22.6 Å². The number of aromatic nitrogens is 1. The van der Waals surface area contributed by atoms with E-state index in [-0.39, 0.29) is 5.91 Å². The fourth-order valence-corrected chi connectivity index (χ4v) is 3.35. The molecule has 0 aliphatic heterocycles. The van der Waals surface area contributed by atoms with Gasteiger partial charge in [-0.05, 0) is 49.8 Å². The van der Waals surface area contributed by atoms with Crippen molar-refractivity contribution in [1.82, 2.24) is 4.98 Å². The van der Waals surface area contributed by atoms with E-state index in [1.807, 2.05) is 60.8 Å². The first-order valence-corrected chi connectivity index (χ1v) is 10.5. The summed E-state index contributed by atoms with van der Waals surface area (Å²) in [5, 5.41) is 5.29. The van der Waals surface area contributed by atoms with Crippen LogP contribution in [-0.4, -0.2) is 24.1 Å². The van der Waals surface area contributed by atoms with Gasteiger partial charge in [0.1, 0.15) is 11.5 Å². The maximum Gasteiger partial charge on any atom is 0.250 e. The van der Waals surface area contributed by atoms with Gasteiger partial charge < -0.3 is 9.47 Å². The quantitative estimate of drug-likeness (QED) is 0.465. The molecule has 0 bridgehead atoms. The number of para-hydroxylation sites is 1. The highest BCUT2D eigenvalue weighted by atomic mass is 32.1. The smallest absolute Gasteiger partial charge is 0.250 e. The average Bonchev–Trinajstić information content (AvgIpc) is 3.20. The van der Waals surface area contributed by atoms with Crippen LogP contribution in [0.3, 0.4) is 0 Å². The third-order valence-electron chi connectivity index (χ3n) is 3.99. The lowest BCUT2D eigenvalue weighted by Crippen LogP contribution is -2.07. The Bertz CT molecular complexity index is 964. The second-order valence-electron chi connectivity index (χ2n) is 6.20. The van der Waals surface area contributed by atoms with Gasteiger partial charge in [-0.2, -0.15) is 0 Å². The minimum atomic E-state index is -0.233. The molecule has 1 aromatic heterocycles. The summed E-state index contributed by atoms with van der Waals surface area (Å²) in [7, 11) is 0. The van der Waals surface area contributed by atoms with Gasteiger partial charge in [-0.3, -0.25) is 10.1 Å². The molecule has 3 aromatic rings. The molecule has 3 rings (SSSR count). The monoisotopic (exact) mass is 408 g/mol. The fraction of sp³-hybridized carbons (Fsp3) is 0.217. The number of nitrogens with zero attached hydrogens (tertiary/aromatic N) is 1. The Morgan fingerprint density at radius 1 is 1.10 bits per heavy atom. The van der Waals surface area contributed by atoms with Crippen molar-refractivity contribution in [2.24, 2.45) is 0 Å². The zero-order valence-electron chi connectivity index (χ0n) is 16.6. The number of rotatable bonds is 9. The van der Waals surface area contributed by atoms with E-state index in [0.717, 1.165) is 34.7 Å². The zero-order valence-corrected chi connectivity index (χ0v) is 17.4. The van der Waals surface area contributed by atoms with Crippen LogP contribution in [-0.2, 0) is 4.79 Å². The maximum absolute atomic E-state index is 12.3. The molecule has 0 fully saturated rings. The van der Waals surface area contributed by atoms with Crippen LogP contribution in [0.2, 0.25) is 0 Å². The highest BCUT2D eigenvalue weighted by molar-refractivity contribution is 7.14. The Kier molecular flexibility index (Phi) is 7.41. The largest absolute Gasteiger partial charge is 0.494 e. The minimum absolute atomic E-state index is 0.233. The highest BCUT2D eigenvalue weighted by Gasteiger charge is 2.07. The van der Waals surface area contributed by atoms with Crippen LogP contribution in [0.5, 0.6) is 11.5 Å². The molecule has 0 saturated carbocycles. The van der Waals surface area contributed by atoms with Crippen LogP contribution < -0.4 is 14.8 Å². The van der Waals surface area contributed by atoms with Crippen LogP contribution in [0.1, 0.15) is 25.8 Å². The first-order valence-electron chi connectivity index (χ1n) is 9.59. The van der Waals surface area contributed by atoms with E-state index >= 15 is 0 Å². The van der Waals surface area contributed by atoms with Gasteiger partial charge >= 0.3 is 0 Å². The molecular formula is C23H24N2O3S. The van der Waals surface area contributed by atoms with Crippen molar-refractivity contribution in [3.63, 3.8) is 0 Å². The number of amides is 1. The molecule has 0 spiro atoms. The molecule has 0 aliphatic carbocycles. The summed E-state index contributed by atoms with van der Waals surface area (Å²) in [6.45, 7) is 5.29. The topological polar surface area (TPSA) is 60.5 Å². The highest BCUT2D eigenvalue weighted by Crippen LogP contribution is 2.26. The lowest BCUT2D eigenvalue weighted by molar-refractivity contribution is -0.111. The van der Waals surface area contributed by atoms with Gasteiger partial charge in [-0.15, -0.1) is 11.3 Å². The first kappa shape index (κ1) is 20.6. The van der Waals surface area contributed by atoms with Crippen molar-refractivity contribution in [3.8, 4) is 22.8 Å². The molecule has 1 N–H and O–H groups in total. The number of hydrogen-bond donors (Lipinski definition) is 1. The predicted molar refractivity (Wildman–Crippen MR) is 119 cm³/mol. The molecule has 2 aromatic carbocycles. The number of anilines is 1. The van der Waals surface area contributed by atoms with E-state index in [9.17, 15) is 4.79 Å². The molecular weight excluding hydrogens is 384 g/mol. The summed E-state index contributed by atoms with van der Waals surface area (Å²) >= 11 is 1.39. The lowest BCUT2D eigenvalue weighted by atomic mass is 10.2. The van der Waals surface area contributed by atoms with Gasteiger partial charge in [-0.25, -0.2) is 4.98 Å². The normalized spacial score (nSPS) is 10.8. The number of carbonyl (C=O) groups excluding carboxylic acids is 1. The van der Waals surface area contributed by atoms with Crippen LogP contribution in [0, 0.1) is 0 Å². The van der Waals surface area contributed by atoms with Crippen LogP contribution >= 0.6 is 11.3 Å². The van der Waals surface area contributed by atoms with E-state index in [2.05, 4.69) is 17.2 Å². The molecule has 0 unspecified atom stereocenters. The standard InChI is InChI=1S/C23H24N2O3S/c1-3-15-28-21-8-6-5-7-18(21)11-14-22(26)25-23-24-20(16-29-23)17-9-12-19(13-10-17)27-4-2/h5-14,16H,3-4,15H2,1-2H3,(H,24,25,26). The molecule has 5 nitrogen and oxygen atoms in total. The molecule has 1 amide bonds. The summed E-state index contributed by atoms with van der Waals surface area (Å²) in [5.74, 6) is 1.36. The summed E-state index contributed by atoms with van der Waals surface area (Å²) in [6.07, 6.45) is 4.17. The molecule has 150 valence electrons. The van der Waals surface area contributed by atoms with E-state index in [1.165, 1.54) is 17.4 Å². The summed E-state index contributed by atoms with van der Waals surface area (Å²) in [4.78, 5) is 16.8. The number of hydrogen-bond acceptors (Lipinski definition) is 5. The second-order valence-corrected chi connectivity index (χ2v) is 7.06. The third-order valence-corrected chi connectivity index (χ3v) is 4.75. The average molecular weight is 409 g/mol. The number of thiazole rings is 1. The Hall–Kier alpha value is -3.12. The van der Waals surface area contributed by atoms with Gasteiger partial charge in [0.2, 0.25) is 5.91 Å². The molecule has 0 atom stereocenters. The maximum atomic E-state index is 12.3. The Morgan fingerprint density at radius 3 is 2.66 bits per heavy atom. The predicted octanol–water partition coefficient (Wildman–Crippen LogP) is 5.65. The second kappa shape index (κ2) is 10.4. The Morgan fingerprint density at radius 2 is 1.90 bits per heavy atom. The van der Waals surface area contributed by atoms with Crippen LogP contribution in [0.25, 0.3) is 17.3 Å². The minimum Gasteiger partial charge on any atom is -0.494 e. The van der Waals surface area contributed by atoms with Gasteiger partial charge in [0.15, 0.2) is 5.13 Å². The number of ether oxygens (including phenoxy) is 2. The number of nitrogens with one attached hydrogen (secondary N) is 1. The van der Waals surface area contributed by atoms with Crippen molar-refractivity contribution in [2.45, 2.75) is 20.3 Å². The molecule has 6 heteroatoms. The van der Waals surface area contributed by atoms with Crippen LogP contribution in [0.15, 0.2) is 60.0 Å². The summed E-state index contributed by atoms with van der Waals surface area (Å²) in [6, 6.07) is 15.4. The van der Waals surface area contributed by atoms with Crippen molar-refractivity contribution < 1.29 is 14.3 Å². The van der Waals surface area contributed by atoms with Gasteiger partial charge in [-0.1, -0.05) is 25.1 Å². The fourth-order valence-electron chi connectivity index (χ4n) is 2.63. The molecule has 29 heavy (non-hydrogen) atoms. The van der Waals surface area contributed by atoms with Crippen molar-refractivity contribution in [3.05, 3.63) is 65.6 Å². The zero-order chi connectivity index (χ0) is 20.5. The molecule has 0 saturated heterocycles. The molecule has 0 aliphatic rings. The first-order chi connectivity index (χ1) is 14.2. The van der Waals surface area contributed by atoms with Crippen molar-refractivity contribution in [2.75, 3.05) is 18.5 Å². The summed E-state index contributed by atoms with van der Waals surface area (Å²) in [5.41, 5.74) is 2.66. The molecule has 1 heterocycles. The Balaban J connectivity index is 1.62. The van der Waals surface area contributed by atoms with Crippen molar-refractivity contribution >= 4 is 28.5 Å².